The molecule has 9 nitrogen and oxygen atoms in total. The number of nitrogens with zero attached hydrogens (tertiary/aromatic N) is 2. The van der Waals surface area contributed by atoms with Crippen LogP contribution < -0.4 is 24.4 Å². The molecule has 0 fully saturated rings. The van der Waals surface area contributed by atoms with Gasteiger partial charge in [0.25, 0.3) is 5.56 Å². The van der Waals surface area contributed by atoms with Crippen molar-refractivity contribution < 1.29 is 28.9 Å². The molecule has 1 aliphatic heterocycles. The summed E-state index contributed by atoms with van der Waals surface area (Å²) >= 11 is 4.78. The molecule has 0 radical (unpaired) electrons. The van der Waals surface area contributed by atoms with E-state index in [9.17, 15) is 14.4 Å². The van der Waals surface area contributed by atoms with Crippen LogP contribution in [0.4, 0.5) is 0 Å². The average molecular weight is 692 g/mol. The van der Waals surface area contributed by atoms with Crippen molar-refractivity contribution in [1.82, 2.24) is 4.57 Å². The largest absolute Gasteiger partial charge is 0.496 e. The number of carbonyl (C=O) groups is 2. The third-order valence-electron chi connectivity index (χ3n) is 7.18. The topological polar surface area (TPSA) is 116 Å². The highest BCUT2D eigenvalue weighted by atomic mass is 79.9. The van der Waals surface area contributed by atoms with Crippen LogP contribution in [0.25, 0.3) is 6.08 Å². The van der Waals surface area contributed by atoms with Crippen molar-refractivity contribution >= 4 is 45.3 Å². The van der Waals surface area contributed by atoms with Gasteiger partial charge in [0.1, 0.15) is 24.1 Å². The number of thiazole rings is 1. The summed E-state index contributed by atoms with van der Waals surface area (Å²) in [5, 5.41) is 9.17. The van der Waals surface area contributed by atoms with Gasteiger partial charge in [0, 0.05) is 15.6 Å². The average Bonchev–Trinajstić information content (AvgIpc) is 3.34. The molecule has 0 aliphatic carbocycles. The number of fused-ring (bicyclic) bond motifs is 1. The first kappa shape index (κ1) is 31.9. The molecule has 0 saturated carbocycles. The van der Waals surface area contributed by atoms with E-state index in [1.165, 1.54) is 23.5 Å². The number of hydrogen-bond acceptors (Lipinski definition) is 8. The summed E-state index contributed by atoms with van der Waals surface area (Å²) in [4.78, 5) is 44.2. The molecule has 0 saturated heterocycles. The quantitative estimate of drug-likeness (QED) is 0.203. The van der Waals surface area contributed by atoms with Crippen molar-refractivity contribution in [2.75, 3.05) is 13.7 Å². The Morgan fingerprint density at radius 1 is 1.07 bits per heavy atom. The molecule has 0 unspecified atom stereocenters. The number of halogens is 1. The molecule has 3 aromatic carbocycles. The molecule has 4 aromatic rings. The van der Waals surface area contributed by atoms with Crippen LogP contribution >= 0.6 is 27.3 Å². The van der Waals surface area contributed by atoms with E-state index < -0.39 is 18.0 Å². The van der Waals surface area contributed by atoms with Crippen LogP contribution in [0.15, 0.2) is 92.3 Å². The third-order valence-corrected chi connectivity index (χ3v) is 8.66. The Labute approximate surface area is 271 Å². The number of esters is 1. The molecule has 1 aromatic heterocycles. The SMILES string of the molecule is CCCC1=C(C(=O)OCC)[C@H](c2cc(Br)ccc2OC)n2c(s/c(=C/c3ccccc3OCc3ccc(C(=O)O)cc3)c2=O)=N1. The number of para-hydroxylation sites is 1. The number of ether oxygens (including phenoxy) is 3. The van der Waals surface area contributed by atoms with Crippen molar-refractivity contribution in [3.63, 3.8) is 0 Å². The summed E-state index contributed by atoms with van der Waals surface area (Å²) in [5.74, 6) is -0.450. The van der Waals surface area contributed by atoms with Crippen LogP contribution in [0.3, 0.4) is 0 Å². The van der Waals surface area contributed by atoms with Crippen molar-refractivity contribution in [1.29, 1.82) is 0 Å². The van der Waals surface area contributed by atoms with E-state index in [0.717, 1.165) is 16.5 Å². The summed E-state index contributed by atoms with van der Waals surface area (Å²) in [5.41, 5.74) is 2.87. The van der Waals surface area contributed by atoms with Crippen LogP contribution in [-0.4, -0.2) is 35.3 Å². The maximum Gasteiger partial charge on any atom is 0.338 e. The summed E-state index contributed by atoms with van der Waals surface area (Å²) in [6.45, 7) is 4.13. The minimum Gasteiger partial charge on any atom is -0.496 e. The number of rotatable bonds is 11. The third kappa shape index (κ3) is 6.79. The Morgan fingerprint density at radius 3 is 2.51 bits per heavy atom. The van der Waals surface area contributed by atoms with Gasteiger partial charge in [-0.05, 0) is 61.4 Å². The van der Waals surface area contributed by atoms with Gasteiger partial charge in [-0.15, -0.1) is 0 Å². The molecule has 1 aliphatic rings. The first-order valence-electron chi connectivity index (χ1n) is 14.3. The number of carbonyl (C=O) groups excluding carboxylic acids is 1. The van der Waals surface area contributed by atoms with E-state index in [0.29, 0.717) is 49.7 Å². The number of aromatic nitrogens is 1. The highest BCUT2D eigenvalue weighted by Gasteiger charge is 2.36. The zero-order chi connectivity index (χ0) is 32.1. The molecule has 0 bridgehead atoms. The van der Waals surface area contributed by atoms with Gasteiger partial charge in [0.05, 0.1) is 35.1 Å². The van der Waals surface area contributed by atoms with Gasteiger partial charge in [-0.2, -0.15) is 0 Å². The van der Waals surface area contributed by atoms with E-state index in [1.54, 1.807) is 42.9 Å². The highest BCUT2D eigenvalue weighted by molar-refractivity contribution is 9.10. The van der Waals surface area contributed by atoms with Crippen molar-refractivity contribution in [2.45, 2.75) is 39.3 Å². The number of benzene rings is 3. The second kappa shape index (κ2) is 14.1. The lowest BCUT2D eigenvalue weighted by Gasteiger charge is -2.27. The van der Waals surface area contributed by atoms with Crippen LogP contribution in [-0.2, 0) is 16.1 Å². The first-order valence-corrected chi connectivity index (χ1v) is 16.0. The minimum atomic E-state index is -0.994. The summed E-state index contributed by atoms with van der Waals surface area (Å²) < 4.78 is 20.0. The molecule has 1 N–H and O–H groups in total. The van der Waals surface area contributed by atoms with Gasteiger partial charge in [-0.1, -0.05) is 70.9 Å². The molecule has 2 heterocycles. The number of hydrogen-bond donors (Lipinski definition) is 1. The number of methoxy groups -OCH3 is 1. The minimum absolute atomic E-state index is 0.176. The Hall–Kier alpha value is -4.48. The predicted molar refractivity (Wildman–Crippen MR) is 175 cm³/mol. The zero-order valence-electron chi connectivity index (χ0n) is 24.9. The first-order chi connectivity index (χ1) is 21.7. The molecule has 1 atom stereocenters. The van der Waals surface area contributed by atoms with Gasteiger partial charge in [-0.3, -0.25) is 9.36 Å². The number of allylic oxidation sites excluding steroid dienone is 1. The monoisotopic (exact) mass is 690 g/mol. The standard InChI is InChI=1S/C34H31BrN2O7S/c1-4-8-25-29(33(41)43-5-2)30(24-18-23(35)15-16-27(24)42-3)37-31(38)28(45-34(37)36-25)17-22-9-6-7-10-26(22)44-19-20-11-13-21(14-12-20)32(39)40/h6-7,9-18,30H,4-5,8,19H2,1-3H3,(H,39,40)/b28-17+/t30-/m0/s1. The molecule has 45 heavy (non-hydrogen) atoms. The fourth-order valence-electron chi connectivity index (χ4n) is 5.11. The number of carboxylic acid groups (broad SMARTS) is 1. The van der Waals surface area contributed by atoms with Gasteiger partial charge >= 0.3 is 11.9 Å². The zero-order valence-corrected chi connectivity index (χ0v) is 27.3. The van der Waals surface area contributed by atoms with Gasteiger partial charge in [0.15, 0.2) is 4.80 Å². The molecular formula is C34H31BrN2O7S. The summed E-state index contributed by atoms with van der Waals surface area (Å²) in [6.07, 6.45) is 3.02. The van der Waals surface area contributed by atoms with Gasteiger partial charge in [0.2, 0.25) is 0 Å². The molecule has 232 valence electrons. The predicted octanol–water partition coefficient (Wildman–Crippen LogP) is 5.63. The van der Waals surface area contributed by atoms with Crippen LogP contribution in [0, 0.1) is 0 Å². The fraction of sp³-hybridized carbons (Fsp3) is 0.235. The molecule has 0 spiro atoms. The summed E-state index contributed by atoms with van der Waals surface area (Å²) in [6, 6.07) is 18.5. The normalized spacial score (nSPS) is 14.5. The maximum atomic E-state index is 14.2. The lowest BCUT2D eigenvalue weighted by Crippen LogP contribution is -2.40. The van der Waals surface area contributed by atoms with E-state index in [-0.39, 0.29) is 24.3 Å². The molecule has 5 rings (SSSR count). The fourth-order valence-corrected chi connectivity index (χ4v) is 6.50. The Kier molecular flexibility index (Phi) is 9.99. The van der Waals surface area contributed by atoms with Crippen LogP contribution in [0.1, 0.15) is 59.8 Å². The van der Waals surface area contributed by atoms with E-state index in [4.69, 9.17) is 24.3 Å². The van der Waals surface area contributed by atoms with E-state index in [1.807, 2.05) is 43.3 Å². The Balaban J connectivity index is 1.63. The van der Waals surface area contributed by atoms with E-state index in [2.05, 4.69) is 15.9 Å². The van der Waals surface area contributed by atoms with Crippen LogP contribution in [0.5, 0.6) is 11.5 Å². The molecule has 11 heteroatoms. The molecule has 0 amide bonds. The van der Waals surface area contributed by atoms with Crippen molar-refractivity contribution in [3.8, 4) is 11.5 Å². The maximum absolute atomic E-state index is 14.2. The highest BCUT2D eigenvalue weighted by Crippen LogP contribution is 2.38. The van der Waals surface area contributed by atoms with Crippen molar-refractivity contribution in [2.24, 2.45) is 4.99 Å². The lowest BCUT2D eigenvalue weighted by atomic mass is 9.93. The van der Waals surface area contributed by atoms with Crippen molar-refractivity contribution in [3.05, 3.63) is 124 Å². The van der Waals surface area contributed by atoms with E-state index >= 15 is 0 Å². The van der Waals surface area contributed by atoms with Gasteiger partial charge in [-0.25, -0.2) is 14.6 Å². The smallest absolute Gasteiger partial charge is 0.338 e. The van der Waals surface area contributed by atoms with Gasteiger partial charge < -0.3 is 19.3 Å². The summed E-state index contributed by atoms with van der Waals surface area (Å²) in [7, 11) is 1.55. The second-order valence-electron chi connectivity index (χ2n) is 10.1. The molecular weight excluding hydrogens is 660 g/mol. The lowest BCUT2D eigenvalue weighted by molar-refractivity contribution is -0.139. The second-order valence-corrected chi connectivity index (χ2v) is 12.1. The number of carboxylic acids is 1. The van der Waals surface area contributed by atoms with Crippen LogP contribution in [0.2, 0.25) is 0 Å². The Morgan fingerprint density at radius 2 is 1.82 bits per heavy atom. The number of aromatic carboxylic acids is 1. The Bertz CT molecular complexity index is 1960.